The summed E-state index contributed by atoms with van der Waals surface area (Å²) in [5, 5.41) is 12.5. The highest BCUT2D eigenvalue weighted by molar-refractivity contribution is 5.94. The van der Waals surface area contributed by atoms with Gasteiger partial charge in [-0.2, -0.15) is 5.10 Å². The van der Waals surface area contributed by atoms with E-state index in [0.29, 0.717) is 29.9 Å². The quantitative estimate of drug-likeness (QED) is 0.582. The molecule has 0 unspecified atom stereocenters. The van der Waals surface area contributed by atoms with Gasteiger partial charge < -0.3 is 5.32 Å². The summed E-state index contributed by atoms with van der Waals surface area (Å²) in [6, 6.07) is 11.8. The van der Waals surface area contributed by atoms with Crippen molar-refractivity contribution in [1.82, 2.24) is 30.5 Å². The van der Waals surface area contributed by atoms with Crippen LogP contribution in [0.15, 0.2) is 48.8 Å². The Balaban J connectivity index is 1.46. The van der Waals surface area contributed by atoms with Gasteiger partial charge in [0.1, 0.15) is 5.52 Å². The molecule has 0 aliphatic carbocycles. The number of aromatic nitrogens is 5. The number of carbonyl (C=O) groups is 1. The van der Waals surface area contributed by atoms with Crippen molar-refractivity contribution in [2.24, 2.45) is 0 Å². The first kappa shape index (κ1) is 17.4. The highest BCUT2D eigenvalue weighted by Gasteiger charge is 2.36. The molecule has 1 aliphatic heterocycles. The first-order valence-corrected chi connectivity index (χ1v) is 9.40. The third-order valence-corrected chi connectivity index (χ3v) is 4.92. The molecule has 4 heterocycles. The van der Waals surface area contributed by atoms with Crippen LogP contribution in [0.5, 0.6) is 0 Å². The van der Waals surface area contributed by atoms with E-state index in [4.69, 9.17) is 0 Å². The van der Waals surface area contributed by atoms with Gasteiger partial charge in [-0.1, -0.05) is 12.1 Å². The Kier molecular flexibility index (Phi) is 3.87. The van der Waals surface area contributed by atoms with Crippen LogP contribution in [-0.2, 0) is 6.42 Å². The molecule has 0 saturated carbocycles. The van der Waals surface area contributed by atoms with Gasteiger partial charge in [0.15, 0.2) is 5.82 Å². The molecule has 1 aliphatic rings. The molecule has 8 nitrogen and oxygen atoms in total. The second-order valence-corrected chi connectivity index (χ2v) is 7.88. The smallest absolute Gasteiger partial charge is 0.323 e. The molecule has 1 saturated heterocycles. The topological polar surface area (TPSA) is 96.8 Å². The first-order chi connectivity index (χ1) is 14.0. The van der Waals surface area contributed by atoms with Gasteiger partial charge >= 0.3 is 6.03 Å². The van der Waals surface area contributed by atoms with Gasteiger partial charge in [-0.05, 0) is 43.7 Å². The van der Waals surface area contributed by atoms with Crippen LogP contribution >= 0.6 is 0 Å². The minimum absolute atomic E-state index is 0.171. The van der Waals surface area contributed by atoms with E-state index in [0.717, 1.165) is 22.2 Å². The molecule has 0 radical (unpaired) electrons. The maximum absolute atomic E-state index is 12.3. The largest absolute Gasteiger partial charge is 0.331 e. The molecule has 0 spiro atoms. The van der Waals surface area contributed by atoms with Gasteiger partial charge in [-0.15, -0.1) is 5.10 Å². The zero-order valence-corrected chi connectivity index (χ0v) is 16.1. The molecule has 1 aromatic carbocycles. The van der Waals surface area contributed by atoms with E-state index in [9.17, 15) is 4.79 Å². The van der Waals surface area contributed by atoms with Gasteiger partial charge in [-0.3, -0.25) is 9.88 Å². The predicted molar refractivity (Wildman–Crippen MR) is 110 cm³/mol. The summed E-state index contributed by atoms with van der Waals surface area (Å²) in [6.45, 7) is 4.48. The molecule has 144 valence electrons. The number of fused-ring (bicyclic) bond motifs is 2. The van der Waals surface area contributed by atoms with Crippen molar-refractivity contribution < 1.29 is 4.79 Å². The maximum atomic E-state index is 12.3. The number of urea groups is 1. The Morgan fingerprint density at radius 3 is 2.83 bits per heavy atom. The number of benzene rings is 1. The number of hydrogen-bond donors (Lipinski definition) is 1. The highest BCUT2D eigenvalue weighted by atomic mass is 16.2. The lowest BCUT2D eigenvalue weighted by molar-refractivity contribution is 0.248. The molecule has 5 rings (SSSR count). The van der Waals surface area contributed by atoms with Crippen LogP contribution in [0, 0.1) is 0 Å². The van der Waals surface area contributed by atoms with Crippen LogP contribution in [0.4, 0.5) is 10.6 Å². The Morgan fingerprint density at radius 1 is 1.10 bits per heavy atom. The predicted octanol–water partition coefficient (Wildman–Crippen LogP) is 2.87. The molecule has 2 amide bonds. The third kappa shape index (κ3) is 3.33. The van der Waals surface area contributed by atoms with E-state index < -0.39 is 0 Å². The van der Waals surface area contributed by atoms with E-state index in [1.165, 1.54) is 0 Å². The van der Waals surface area contributed by atoms with Crippen molar-refractivity contribution in [2.45, 2.75) is 25.8 Å². The Bertz CT molecular complexity index is 1250. The monoisotopic (exact) mass is 385 g/mol. The number of nitrogens with one attached hydrogen (secondary N) is 1. The van der Waals surface area contributed by atoms with E-state index in [1.807, 2.05) is 44.2 Å². The van der Waals surface area contributed by atoms with E-state index >= 15 is 0 Å². The third-order valence-electron chi connectivity index (χ3n) is 4.92. The molecule has 1 fully saturated rings. The Morgan fingerprint density at radius 2 is 2.00 bits per heavy atom. The Labute approximate surface area is 167 Å². The summed E-state index contributed by atoms with van der Waals surface area (Å²) >= 11 is 0. The molecular weight excluding hydrogens is 366 g/mol. The van der Waals surface area contributed by atoms with E-state index in [1.54, 1.807) is 17.3 Å². The van der Waals surface area contributed by atoms with Crippen molar-refractivity contribution in [3.63, 3.8) is 0 Å². The number of hydrogen-bond acceptors (Lipinski definition) is 6. The highest BCUT2D eigenvalue weighted by Crippen LogP contribution is 2.22. The Hall–Kier alpha value is -3.68. The van der Waals surface area contributed by atoms with Gasteiger partial charge in [0.2, 0.25) is 5.65 Å². The molecule has 3 aromatic heterocycles. The van der Waals surface area contributed by atoms with Crippen LogP contribution in [0.3, 0.4) is 0 Å². The van der Waals surface area contributed by atoms with E-state index in [2.05, 4.69) is 36.5 Å². The molecule has 1 N–H and O–H groups in total. The summed E-state index contributed by atoms with van der Waals surface area (Å²) in [6.07, 6.45) is 3.97. The lowest BCUT2D eigenvalue weighted by atomic mass is 10.1. The van der Waals surface area contributed by atoms with Gasteiger partial charge in [-0.25, -0.2) is 14.8 Å². The van der Waals surface area contributed by atoms with Crippen molar-refractivity contribution >= 4 is 33.9 Å². The summed E-state index contributed by atoms with van der Waals surface area (Å²) in [5.74, 6) is 0.510. The average molecular weight is 385 g/mol. The number of nitrogens with zero attached hydrogens (tertiary/aromatic N) is 6. The summed E-state index contributed by atoms with van der Waals surface area (Å²) in [4.78, 5) is 27.2. The lowest BCUT2D eigenvalue weighted by Crippen LogP contribution is -2.36. The summed E-state index contributed by atoms with van der Waals surface area (Å²) in [7, 11) is 0. The molecule has 0 atom stereocenters. The van der Waals surface area contributed by atoms with Gasteiger partial charge in [0, 0.05) is 18.0 Å². The molecular formula is C21H19N7O. The molecule has 29 heavy (non-hydrogen) atoms. The van der Waals surface area contributed by atoms with Crippen LogP contribution < -0.4 is 10.2 Å². The van der Waals surface area contributed by atoms with Crippen molar-refractivity contribution in [3.8, 4) is 0 Å². The van der Waals surface area contributed by atoms with Gasteiger partial charge in [0.05, 0.1) is 29.5 Å². The second kappa shape index (κ2) is 6.44. The number of anilines is 1. The second-order valence-electron chi connectivity index (χ2n) is 7.88. The minimum Gasteiger partial charge on any atom is -0.331 e. The number of rotatable bonds is 3. The van der Waals surface area contributed by atoms with E-state index in [-0.39, 0.29) is 11.6 Å². The fraction of sp³-hybridized carbons (Fsp3) is 0.238. The SMILES string of the molecule is CC1(C)CN(c2cnc3nnc(Cc4ccc5ncccc5c4)cc3n2)C(=O)N1. The molecule has 0 bridgehead atoms. The fourth-order valence-electron chi connectivity index (χ4n) is 3.57. The van der Waals surface area contributed by atoms with Crippen LogP contribution in [-0.4, -0.2) is 43.3 Å². The zero-order chi connectivity index (χ0) is 20.0. The van der Waals surface area contributed by atoms with Crippen LogP contribution in [0.2, 0.25) is 0 Å². The average Bonchev–Trinajstić information content (AvgIpc) is 2.99. The van der Waals surface area contributed by atoms with Crippen molar-refractivity contribution in [2.75, 3.05) is 11.4 Å². The molecule has 8 heteroatoms. The lowest BCUT2D eigenvalue weighted by Gasteiger charge is -2.17. The fourth-order valence-corrected chi connectivity index (χ4v) is 3.57. The normalized spacial score (nSPS) is 15.8. The standard InChI is InChI=1S/C21H19N7O/c1-21(2)12-28(20(29)25-21)18-11-23-19-17(24-18)10-15(26-27-19)9-13-5-6-16-14(8-13)4-3-7-22-16/h3-8,10-11H,9,12H2,1-2H3,(H,25,29). The van der Waals surface area contributed by atoms with Gasteiger partial charge in [0.25, 0.3) is 0 Å². The van der Waals surface area contributed by atoms with Crippen molar-refractivity contribution in [3.05, 3.63) is 60.0 Å². The first-order valence-electron chi connectivity index (χ1n) is 9.40. The van der Waals surface area contributed by atoms with Crippen molar-refractivity contribution in [1.29, 1.82) is 0 Å². The van der Waals surface area contributed by atoms with Crippen LogP contribution in [0.25, 0.3) is 22.1 Å². The summed E-state index contributed by atoms with van der Waals surface area (Å²) in [5.41, 5.74) is 3.64. The van der Waals surface area contributed by atoms with Crippen LogP contribution in [0.1, 0.15) is 25.1 Å². The summed E-state index contributed by atoms with van der Waals surface area (Å²) < 4.78 is 0. The molecule has 4 aromatic rings. The number of carbonyl (C=O) groups excluding carboxylic acids is 1. The maximum Gasteiger partial charge on any atom is 0.323 e. The number of amides is 2. The number of pyridine rings is 1. The minimum atomic E-state index is -0.305. The zero-order valence-electron chi connectivity index (χ0n) is 16.1.